The number of fused-ring (bicyclic) bond motifs is 1. The zero-order chi connectivity index (χ0) is 20.6. The highest BCUT2D eigenvalue weighted by molar-refractivity contribution is 5.81. The summed E-state index contributed by atoms with van der Waals surface area (Å²) in [6.45, 7) is 5.55. The van der Waals surface area contributed by atoms with E-state index in [1.165, 1.54) is 4.90 Å². The van der Waals surface area contributed by atoms with Crippen molar-refractivity contribution in [2.75, 3.05) is 6.54 Å². The summed E-state index contributed by atoms with van der Waals surface area (Å²) in [4.78, 5) is 36.7. The highest BCUT2D eigenvalue weighted by atomic mass is 16.6. The summed E-state index contributed by atoms with van der Waals surface area (Å²) in [6, 6.07) is 5.03. The van der Waals surface area contributed by atoms with Crippen LogP contribution in [0.4, 0.5) is 4.79 Å². The normalized spacial score (nSPS) is 24.5. The van der Waals surface area contributed by atoms with Crippen LogP contribution in [0.3, 0.4) is 0 Å². The summed E-state index contributed by atoms with van der Waals surface area (Å²) in [5.41, 5.74) is 2.46. The van der Waals surface area contributed by atoms with Crippen LogP contribution in [0.15, 0.2) is 18.2 Å². The number of aryl methyl sites for hydroxylation is 1. The molecular formula is C21H27NO6. The molecule has 0 radical (unpaired) electrons. The van der Waals surface area contributed by atoms with Gasteiger partial charge in [-0.25, -0.2) is 9.59 Å². The minimum atomic E-state index is -1.03. The van der Waals surface area contributed by atoms with E-state index in [9.17, 15) is 24.6 Å². The van der Waals surface area contributed by atoms with Gasteiger partial charge in [-0.2, -0.15) is 0 Å². The average Bonchev–Trinajstić information content (AvgIpc) is 3.05. The lowest BCUT2D eigenvalue weighted by atomic mass is 9.82. The van der Waals surface area contributed by atoms with Crippen molar-refractivity contribution >= 4 is 18.0 Å². The van der Waals surface area contributed by atoms with Crippen molar-refractivity contribution in [3.63, 3.8) is 0 Å². The van der Waals surface area contributed by atoms with Gasteiger partial charge >= 0.3 is 18.0 Å². The zero-order valence-electron chi connectivity index (χ0n) is 16.5. The number of carboxylic acids is 2. The van der Waals surface area contributed by atoms with E-state index in [-0.39, 0.29) is 11.8 Å². The van der Waals surface area contributed by atoms with E-state index >= 15 is 0 Å². The lowest BCUT2D eigenvalue weighted by molar-refractivity contribution is -0.142. The Morgan fingerprint density at radius 1 is 1.11 bits per heavy atom. The molecule has 1 aliphatic heterocycles. The second-order valence-corrected chi connectivity index (χ2v) is 8.73. The summed E-state index contributed by atoms with van der Waals surface area (Å²) in [7, 11) is 0. The van der Waals surface area contributed by atoms with Gasteiger partial charge in [0.2, 0.25) is 0 Å². The third-order valence-corrected chi connectivity index (χ3v) is 5.49. The first-order valence-electron chi connectivity index (χ1n) is 9.62. The van der Waals surface area contributed by atoms with Crippen molar-refractivity contribution in [1.29, 1.82) is 0 Å². The molecule has 1 saturated heterocycles. The van der Waals surface area contributed by atoms with Crippen LogP contribution in [0.1, 0.15) is 56.2 Å². The Hall–Kier alpha value is -2.57. The monoisotopic (exact) mass is 389 g/mol. The van der Waals surface area contributed by atoms with Gasteiger partial charge in [0.05, 0.1) is 5.92 Å². The van der Waals surface area contributed by atoms with Crippen LogP contribution < -0.4 is 0 Å². The predicted molar refractivity (Wildman–Crippen MR) is 101 cm³/mol. The van der Waals surface area contributed by atoms with E-state index in [1.807, 2.05) is 12.1 Å². The van der Waals surface area contributed by atoms with Crippen LogP contribution in [-0.2, 0) is 27.2 Å². The number of carboxylic acid groups (broad SMARTS) is 2. The summed E-state index contributed by atoms with van der Waals surface area (Å²) < 4.78 is 5.38. The largest absolute Gasteiger partial charge is 0.481 e. The molecule has 1 fully saturated rings. The Kier molecular flexibility index (Phi) is 5.37. The number of ether oxygens (including phenoxy) is 1. The second kappa shape index (κ2) is 7.45. The molecule has 7 heteroatoms. The third kappa shape index (κ3) is 4.29. The van der Waals surface area contributed by atoms with Gasteiger partial charge in [0, 0.05) is 12.5 Å². The lowest BCUT2D eigenvalue weighted by Crippen LogP contribution is -2.43. The fourth-order valence-corrected chi connectivity index (χ4v) is 4.07. The van der Waals surface area contributed by atoms with Gasteiger partial charge in [-0.05, 0) is 63.1 Å². The first-order chi connectivity index (χ1) is 13.0. The Morgan fingerprint density at radius 2 is 1.82 bits per heavy atom. The molecule has 0 spiro atoms. The molecule has 3 atom stereocenters. The minimum Gasteiger partial charge on any atom is -0.481 e. The molecule has 28 heavy (non-hydrogen) atoms. The fraction of sp³-hybridized carbons (Fsp3) is 0.571. The zero-order valence-corrected chi connectivity index (χ0v) is 16.5. The molecule has 2 N–H and O–H groups in total. The van der Waals surface area contributed by atoms with Crippen LogP contribution in [0.2, 0.25) is 0 Å². The third-order valence-electron chi connectivity index (χ3n) is 5.49. The molecular weight excluding hydrogens is 362 g/mol. The Bertz CT molecular complexity index is 797. The minimum absolute atomic E-state index is 0.0869. The lowest BCUT2D eigenvalue weighted by Gasteiger charge is -2.27. The van der Waals surface area contributed by atoms with E-state index in [4.69, 9.17) is 4.74 Å². The highest BCUT2D eigenvalue weighted by Crippen LogP contribution is 2.35. The van der Waals surface area contributed by atoms with E-state index in [0.717, 1.165) is 16.7 Å². The number of amides is 1. The number of carbonyl (C=O) groups is 3. The summed E-state index contributed by atoms with van der Waals surface area (Å²) >= 11 is 0. The van der Waals surface area contributed by atoms with Gasteiger partial charge < -0.3 is 14.9 Å². The maximum absolute atomic E-state index is 12.5. The number of carbonyl (C=O) groups excluding carboxylic acids is 1. The van der Waals surface area contributed by atoms with Crippen molar-refractivity contribution < 1.29 is 29.3 Å². The summed E-state index contributed by atoms with van der Waals surface area (Å²) in [5, 5.41) is 18.8. The quantitative estimate of drug-likeness (QED) is 0.823. The molecule has 0 aromatic heterocycles. The van der Waals surface area contributed by atoms with Crippen LogP contribution >= 0.6 is 0 Å². The Labute approximate surface area is 164 Å². The topological polar surface area (TPSA) is 104 Å². The molecule has 2 aliphatic rings. The number of hydrogen-bond donors (Lipinski definition) is 2. The molecule has 1 aliphatic carbocycles. The maximum atomic E-state index is 12.5. The fourth-order valence-electron chi connectivity index (χ4n) is 4.07. The first-order valence-corrected chi connectivity index (χ1v) is 9.62. The molecule has 7 nitrogen and oxygen atoms in total. The van der Waals surface area contributed by atoms with E-state index in [0.29, 0.717) is 32.2 Å². The van der Waals surface area contributed by atoms with E-state index in [2.05, 4.69) is 6.07 Å². The molecule has 0 bridgehead atoms. The smallest absolute Gasteiger partial charge is 0.411 e. The SMILES string of the molecule is CC(C)(C)OC(=O)N1CC(c2ccc3c(c2)CC[C@H](C(=O)O)C3)C[C@H]1C(=O)O. The van der Waals surface area contributed by atoms with E-state index in [1.54, 1.807) is 20.8 Å². The molecule has 152 valence electrons. The van der Waals surface area contributed by atoms with Crippen molar-refractivity contribution in [3.8, 4) is 0 Å². The van der Waals surface area contributed by atoms with Crippen molar-refractivity contribution in [2.45, 2.75) is 64.0 Å². The van der Waals surface area contributed by atoms with Crippen molar-refractivity contribution in [2.24, 2.45) is 5.92 Å². The Morgan fingerprint density at radius 3 is 2.43 bits per heavy atom. The number of rotatable bonds is 3. The van der Waals surface area contributed by atoms with Gasteiger partial charge in [0.25, 0.3) is 0 Å². The number of likely N-dealkylation sites (tertiary alicyclic amines) is 1. The summed E-state index contributed by atoms with van der Waals surface area (Å²) in [5.74, 6) is -2.22. The molecule has 0 saturated carbocycles. The van der Waals surface area contributed by atoms with Gasteiger partial charge in [0.15, 0.2) is 0 Å². The summed E-state index contributed by atoms with van der Waals surface area (Å²) in [6.07, 6.45) is 1.57. The Balaban J connectivity index is 1.78. The van der Waals surface area contributed by atoms with Crippen LogP contribution in [0.25, 0.3) is 0 Å². The van der Waals surface area contributed by atoms with Gasteiger partial charge in [-0.1, -0.05) is 18.2 Å². The molecule has 1 heterocycles. The molecule has 1 aromatic rings. The van der Waals surface area contributed by atoms with Crippen molar-refractivity contribution in [3.05, 3.63) is 34.9 Å². The van der Waals surface area contributed by atoms with Gasteiger partial charge in [-0.3, -0.25) is 9.69 Å². The van der Waals surface area contributed by atoms with Crippen LogP contribution in [0.5, 0.6) is 0 Å². The molecule has 1 amide bonds. The van der Waals surface area contributed by atoms with Crippen molar-refractivity contribution in [1.82, 2.24) is 4.90 Å². The first kappa shape index (κ1) is 20.2. The van der Waals surface area contributed by atoms with Gasteiger partial charge in [-0.15, -0.1) is 0 Å². The maximum Gasteiger partial charge on any atom is 0.411 e. The molecule has 1 aromatic carbocycles. The standard InChI is InChI=1S/C21H27NO6/c1-21(2,3)28-20(27)22-11-16(10-17(22)19(25)26)14-5-4-13-9-15(18(23)24)7-6-12(13)8-14/h4-5,8,15-17H,6-7,9-11H2,1-3H3,(H,23,24)(H,25,26)/t15-,16?,17-/m0/s1. The number of hydrogen-bond acceptors (Lipinski definition) is 4. The molecule has 3 rings (SSSR count). The van der Waals surface area contributed by atoms with Gasteiger partial charge in [0.1, 0.15) is 11.6 Å². The predicted octanol–water partition coefficient (Wildman–Crippen LogP) is 3.05. The number of benzene rings is 1. The highest BCUT2D eigenvalue weighted by Gasteiger charge is 2.42. The van der Waals surface area contributed by atoms with Crippen LogP contribution in [-0.4, -0.2) is 51.3 Å². The van der Waals surface area contributed by atoms with E-state index < -0.39 is 29.7 Å². The number of nitrogens with zero attached hydrogens (tertiary/aromatic N) is 1. The second-order valence-electron chi connectivity index (χ2n) is 8.73. The number of aliphatic carboxylic acids is 2. The molecule has 1 unspecified atom stereocenters. The average molecular weight is 389 g/mol. The van der Waals surface area contributed by atoms with Crippen LogP contribution in [0, 0.1) is 5.92 Å².